The van der Waals surface area contributed by atoms with Crippen molar-refractivity contribution in [1.82, 2.24) is 9.80 Å². The lowest BCUT2D eigenvalue weighted by Gasteiger charge is -2.24. The summed E-state index contributed by atoms with van der Waals surface area (Å²) in [5.41, 5.74) is 2.52. The Morgan fingerprint density at radius 1 is 1.09 bits per heavy atom. The van der Waals surface area contributed by atoms with E-state index in [2.05, 4.69) is 0 Å². The van der Waals surface area contributed by atoms with Gasteiger partial charge >= 0.3 is 0 Å². The number of thiophene rings is 1. The second kappa shape index (κ2) is 10.9. The molecule has 0 radical (unpaired) electrons. The van der Waals surface area contributed by atoms with Crippen LogP contribution in [-0.2, 0) is 16.2 Å². The van der Waals surface area contributed by atoms with Crippen LogP contribution in [0.25, 0.3) is 5.76 Å². The molecule has 2 aromatic carbocycles. The third-order valence-corrected chi connectivity index (χ3v) is 6.97. The molecule has 3 aromatic rings. The Balaban J connectivity index is 1.63. The van der Waals surface area contributed by atoms with Gasteiger partial charge in [0.05, 0.1) is 11.6 Å². The van der Waals surface area contributed by atoms with Crippen molar-refractivity contribution in [2.45, 2.75) is 26.0 Å². The molecule has 0 bridgehead atoms. The zero-order valence-corrected chi connectivity index (χ0v) is 21.0. The maximum Gasteiger partial charge on any atom is 0.295 e. The highest BCUT2D eigenvalue weighted by Gasteiger charge is 2.46. The van der Waals surface area contributed by atoms with E-state index in [0.717, 1.165) is 29.0 Å². The molecular formula is C28H30N2O4S. The second-order valence-corrected chi connectivity index (χ2v) is 9.90. The number of carbonyl (C=O) groups is 2. The monoisotopic (exact) mass is 490 g/mol. The molecule has 0 saturated carbocycles. The summed E-state index contributed by atoms with van der Waals surface area (Å²) in [6, 6.07) is 18.4. The summed E-state index contributed by atoms with van der Waals surface area (Å²) < 4.78 is 5.95. The summed E-state index contributed by atoms with van der Waals surface area (Å²) in [4.78, 5) is 30.6. The van der Waals surface area contributed by atoms with Gasteiger partial charge in [0, 0.05) is 17.0 Å². The van der Waals surface area contributed by atoms with E-state index in [9.17, 15) is 14.7 Å². The average Bonchev–Trinajstić information content (AvgIpc) is 3.46. The Hall–Kier alpha value is -3.42. The molecule has 1 aromatic heterocycles. The summed E-state index contributed by atoms with van der Waals surface area (Å²) in [6.45, 7) is 3.56. The summed E-state index contributed by atoms with van der Waals surface area (Å²) >= 11 is 1.47. The maximum atomic E-state index is 13.1. The van der Waals surface area contributed by atoms with Gasteiger partial charge in [-0.2, -0.15) is 0 Å². The van der Waals surface area contributed by atoms with E-state index < -0.39 is 17.7 Å². The van der Waals surface area contributed by atoms with Crippen LogP contribution in [0.4, 0.5) is 0 Å². The molecule has 4 rings (SSSR count). The molecule has 1 saturated heterocycles. The summed E-state index contributed by atoms with van der Waals surface area (Å²) in [7, 11) is 3.95. The average molecular weight is 491 g/mol. The van der Waals surface area contributed by atoms with Crippen LogP contribution in [0.1, 0.15) is 34.0 Å². The molecular weight excluding hydrogens is 460 g/mol. The number of amides is 1. The van der Waals surface area contributed by atoms with Gasteiger partial charge in [-0.05, 0) is 74.8 Å². The van der Waals surface area contributed by atoms with Gasteiger partial charge in [0.1, 0.15) is 18.1 Å². The van der Waals surface area contributed by atoms with Crippen LogP contribution in [0.3, 0.4) is 0 Å². The first kappa shape index (κ1) is 24.7. The number of ketones is 1. The third kappa shape index (κ3) is 5.47. The van der Waals surface area contributed by atoms with Crippen LogP contribution in [0.5, 0.6) is 5.75 Å². The second-order valence-electron chi connectivity index (χ2n) is 8.92. The molecule has 1 N–H and O–H groups in total. The molecule has 1 aliphatic rings. The standard InChI is InChI=1S/C28H30N2O4S/c1-19-17-21(12-13-22(19)34-18-20-9-5-4-6-10-20)26(31)24-25(23-11-7-16-35-23)30(28(33)27(24)32)15-8-14-29(2)3/h4-7,9-13,16-17,25,31H,8,14-15,18H2,1-3H3/b26-24+/t25-/m0/s1. The van der Waals surface area contributed by atoms with Crippen LogP contribution < -0.4 is 4.74 Å². The van der Waals surface area contributed by atoms with Crippen molar-refractivity contribution in [1.29, 1.82) is 0 Å². The van der Waals surface area contributed by atoms with Crippen LogP contribution in [0.2, 0.25) is 0 Å². The Morgan fingerprint density at radius 2 is 1.86 bits per heavy atom. The fraction of sp³-hybridized carbons (Fsp3) is 0.286. The van der Waals surface area contributed by atoms with E-state index >= 15 is 0 Å². The summed E-state index contributed by atoms with van der Waals surface area (Å²) in [5, 5.41) is 13.2. The number of benzene rings is 2. The van der Waals surface area contributed by atoms with Gasteiger partial charge in [0.25, 0.3) is 11.7 Å². The number of Topliss-reactive ketones (excluding diaryl/α,β-unsaturated/α-hetero) is 1. The Kier molecular flexibility index (Phi) is 7.68. The molecule has 1 atom stereocenters. The topological polar surface area (TPSA) is 70.1 Å². The minimum Gasteiger partial charge on any atom is -0.507 e. The first-order valence-corrected chi connectivity index (χ1v) is 12.5. The number of hydrogen-bond acceptors (Lipinski definition) is 6. The summed E-state index contributed by atoms with van der Waals surface area (Å²) in [5.74, 6) is -0.671. The van der Waals surface area contributed by atoms with E-state index in [-0.39, 0.29) is 11.3 Å². The van der Waals surface area contributed by atoms with Crippen molar-refractivity contribution >= 4 is 28.8 Å². The molecule has 7 heteroatoms. The highest BCUT2D eigenvalue weighted by Crippen LogP contribution is 2.41. The number of ether oxygens (including phenoxy) is 1. The third-order valence-electron chi connectivity index (χ3n) is 6.04. The molecule has 1 amide bonds. The molecule has 0 unspecified atom stereocenters. The van der Waals surface area contributed by atoms with Gasteiger partial charge in [-0.15, -0.1) is 11.3 Å². The van der Waals surface area contributed by atoms with E-state index in [1.807, 2.05) is 73.8 Å². The molecule has 6 nitrogen and oxygen atoms in total. The number of likely N-dealkylation sites (tertiary alicyclic amines) is 1. The molecule has 35 heavy (non-hydrogen) atoms. The fourth-order valence-corrected chi connectivity index (χ4v) is 5.11. The number of nitrogens with zero attached hydrogens (tertiary/aromatic N) is 2. The van der Waals surface area contributed by atoms with Gasteiger partial charge in [0.2, 0.25) is 0 Å². The van der Waals surface area contributed by atoms with Gasteiger partial charge in [-0.1, -0.05) is 36.4 Å². The zero-order chi connectivity index (χ0) is 24.9. The SMILES string of the molecule is Cc1cc(/C(O)=C2\C(=O)C(=O)N(CCCN(C)C)[C@H]2c2cccs2)ccc1OCc1ccccc1. The minimum atomic E-state index is -0.646. The number of carbonyl (C=O) groups excluding carboxylic acids is 2. The smallest absolute Gasteiger partial charge is 0.295 e. The first-order valence-electron chi connectivity index (χ1n) is 11.6. The number of aryl methyl sites for hydroxylation is 1. The molecule has 0 aliphatic carbocycles. The Labute approximate surface area is 210 Å². The predicted octanol–water partition coefficient (Wildman–Crippen LogP) is 5.01. The number of rotatable bonds is 9. The molecule has 1 fully saturated rings. The first-order chi connectivity index (χ1) is 16.9. The number of aliphatic hydroxyl groups excluding tert-OH is 1. The summed E-state index contributed by atoms with van der Waals surface area (Å²) in [6.07, 6.45) is 0.731. The van der Waals surface area contributed by atoms with Crippen molar-refractivity contribution in [2.24, 2.45) is 0 Å². The van der Waals surface area contributed by atoms with Crippen molar-refractivity contribution in [3.05, 3.63) is 93.2 Å². The van der Waals surface area contributed by atoms with Crippen LogP contribution >= 0.6 is 11.3 Å². The van der Waals surface area contributed by atoms with Crippen LogP contribution in [-0.4, -0.2) is 53.8 Å². The highest BCUT2D eigenvalue weighted by atomic mass is 32.1. The maximum absolute atomic E-state index is 13.1. The fourth-order valence-electron chi connectivity index (χ4n) is 4.26. The van der Waals surface area contributed by atoms with E-state index in [1.165, 1.54) is 11.3 Å². The van der Waals surface area contributed by atoms with Gasteiger partial charge in [0.15, 0.2) is 0 Å². The Morgan fingerprint density at radius 3 is 2.51 bits per heavy atom. The van der Waals surface area contributed by atoms with Crippen LogP contribution in [0.15, 0.2) is 71.6 Å². The minimum absolute atomic E-state index is 0.139. The van der Waals surface area contributed by atoms with E-state index in [0.29, 0.717) is 24.5 Å². The highest BCUT2D eigenvalue weighted by molar-refractivity contribution is 7.10. The lowest BCUT2D eigenvalue weighted by atomic mass is 9.98. The lowest BCUT2D eigenvalue weighted by Crippen LogP contribution is -2.32. The van der Waals surface area contributed by atoms with Crippen molar-refractivity contribution in [3.8, 4) is 5.75 Å². The number of aliphatic hydroxyl groups is 1. The molecule has 2 heterocycles. The quantitative estimate of drug-likeness (QED) is 0.259. The van der Waals surface area contributed by atoms with Crippen LogP contribution in [0, 0.1) is 6.92 Å². The molecule has 182 valence electrons. The van der Waals surface area contributed by atoms with Crippen molar-refractivity contribution in [2.75, 3.05) is 27.2 Å². The normalized spacial score (nSPS) is 17.4. The molecule has 1 aliphatic heterocycles. The van der Waals surface area contributed by atoms with Gasteiger partial charge < -0.3 is 19.6 Å². The number of hydrogen-bond donors (Lipinski definition) is 1. The van der Waals surface area contributed by atoms with Gasteiger partial charge in [-0.3, -0.25) is 9.59 Å². The predicted molar refractivity (Wildman–Crippen MR) is 138 cm³/mol. The van der Waals surface area contributed by atoms with E-state index in [4.69, 9.17) is 4.74 Å². The molecule has 0 spiro atoms. The van der Waals surface area contributed by atoms with Gasteiger partial charge in [-0.25, -0.2) is 0 Å². The van der Waals surface area contributed by atoms with Crippen molar-refractivity contribution < 1.29 is 19.4 Å². The Bertz CT molecular complexity index is 1220. The largest absolute Gasteiger partial charge is 0.507 e. The zero-order valence-electron chi connectivity index (χ0n) is 20.2. The van der Waals surface area contributed by atoms with E-state index in [1.54, 1.807) is 23.1 Å². The lowest BCUT2D eigenvalue weighted by molar-refractivity contribution is -0.139. The van der Waals surface area contributed by atoms with Crippen molar-refractivity contribution in [3.63, 3.8) is 0 Å².